The Hall–Kier alpha value is -1.49. The van der Waals surface area contributed by atoms with E-state index in [0.717, 1.165) is 25.3 Å². The highest BCUT2D eigenvalue weighted by atomic mass is 16.5. The number of hydrogen-bond donors (Lipinski definition) is 2. The largest absolute Gasteiger partial charge is 0.481 e. The van der Waals surface area contributed by atoms with E-state index in [1.165, 1.54) is 0 Å². The van der Waals surface area contributed by atoms with Crippen molar-refractivity contribution in [2.45, 2.75) is 19.4 Å². The molecule has 0 spiro atoms. The van der Waals surface area contributed by atoms with Gasteiger partial charge in [-0.3, -0.25) is 0 Å². The number of nitrogens with zero attached hydrogens (tertiary/aromatic N) is 2. The summed E-state index contributed by atoms with van der Waals surface area (Å²) in [7, 11) is 3.77. The summed E-state index contributed by atoms with van der Waals surface area (Å²) >= 11 is 0. The van der Waals surface area contributed by atoms with Crippen LogP contribution in [0, 0.1) is 5.92 Å². The first-order valence-corrected chi connectivity index (χ1v) is 6.35. The lowest BCUT2D eigenvalue weighted by atomic mass is 9.94. The molecule has 1 aliphatic heterocycles. The molecule has 0 aromatic carbocycles. The van der Waals surface area contributed by atoms with Crippen molar-refractivity contribution in [2.75, 3.05) is 38.3 Å². The Bertz CT molecular complexity index is 410. The van der Waals surface area contributed by atoms with Crippen LogP contribution >= 0.6 is 0 Å². The Labute approximate surface area is 108 Å². The van der Waals surface area contributed by atoms with Gasteiger partial charge in [0.05, 0.1) is 12.8 Å². The van der Waals surface area contributed by atoms with E-state index in [1.54, 1.807) is 13.2 Å². The van der Waals surface area contributed by atoms with E-state index in [2.05, 4.69) is 29.2 Å². The molecule has 1 fully saturated rings. The summed E-state index contributed by atoms with van der Waals surface area (Å²) in [6.07, 6.45) is 1.11. The number of piperidine rings is 1. The highest BCUT2D eigenvalue weighted by Crippen LogP contribution is 2.24. The van der Waals surface area contributed by atoms with Crippen molar-refractivity contribution < 1.29 is 4.74 Å². The molecule has 1 saturated heterocycles. The summed E-state index contributed by atoms with van der Waals surface area (Å²) in [6.45, 7) is 4.46. The van der Waals surface area contributed by atoms with Gasteiger partial charge in [-0.25, -0.2) is 0 Å². The van der Waals surface area contributed by atoms with Crippen LogP contribution in [0.15, 0.2) is 12.1 Å². The zero-order valence-corrected chi connectivity index (χ0v) is 11.3. The van der Waals surface area contributed by atoms with Gasteiger partial charge in [-0.05, 0) is 32.0 Å². The van der Waals surface area contributed by atoms with Crippen molar-refractivity contribution in [1.29, 1.82) is 0 Å². The first kappa shape index (κ1) is 13.0. The molecule has 1 aliphatic rings. The van der Waals surface area contributed by atoms with Crippen molar-refractivity contribution in [3.63, 3.8) is 0 Å². The molecule has 1 aromatic heterocycles. The van der Waals surface area contributed by atoms with Crippen LogP contribution in [0.1, 0.15) is 13.3 Å². The van der Waals surface area contributed by atoms with Gasteiger partial charge in [0.15, 0.2) is 5.82 Å². The number of anilines is 2. The van der Waals surface area contributed by atoms with Gasteiger partial charge in [-0.2, -0.15) is 4.98 Å². The number of hydrogen-bond acceptors (Lipinski definition) is 5. The molecule has 0 radical (unpaired) electrons. The summed E-state index contributed by atoms with van der Waals surface area (Å²) in [5, 5.41) is 3.45. The van der Waals surface area contributed by atoms with Crippen molar-refractivity contribution in [3.05, 3.63) is 12.1 Å². The van der Waals surface area contributed by atoms with E-state index in [4.69, 9.17) is 10.5 Å². The number of ether oxygens (including phenoxy) is 1. The molecule has 5 heteroatoms. The fourth-order valence-electron chi connectivity index (χ4n) is 2.43. The lowest BCUT2D eigenvalue weighted by Crippen LogP contribution is -2.43. The number of rotatable bonds is 3. The van der Waals surface area contributed by atoms with Gasteiger partial charge >= 0.3 is 0 Å². The minimum absolute atomic E-state index is 0.420. The number of nitrogens with one attached hydrogen (secondary N) is 1. The Morgan fingerprint density at radius 1 is 1.50 bits per heavy atom. The maximum atomic E-state index is 5.94. The molecule has 100 valence electrons. The lowest BCUT2D eigenvalue weighted by molar-refractivity contribution is 0.206. The van der Waals surface area contributed by atoms with Crippen LogP contribution in [0.4, 0.5) is 11.5 Å². The van der Waals surface area contributed by atoms with Crippen molar-refractivity contribution >= 4 is 11.5 Å². The summed E-state index contributed by atoms with van der Waals surface area (Å²) < 4.78 is 5.13. The molecular weight excluding hydrogens is 228 g/mol. The van der Waals surface area contributed by atoms with Crippen LogP contribution in [0.25, 0.3) is 0 Å². The quantitative estimate of drug-likeness (QED) is 0.849. The van der Waals surface area contributed by atoms with Gasteiger partial charge in [0.1, 0.15) is 0 Å². The van der Waals surface area contributed by atoms with Gasteiger partial charge in [0.25, 0.3) is 0 Å². The molecule has 0 bridgehead atoms. The van der Waals surface area contributed by atoms with Gasteiger partial charge in [-0.1, -0.05) is 6.92 Å². The van der Waals surface area contributed by atoms with Gasteiger partial charge < -0.3 is 20.7 Å². The number of aromatic nitrogens is 1. The monoisotopic (exact) mass is 250 g/mol. The highest BCUT2D eigenvalue weighted by molar-refractivity contribution is 5.62. The third-order valence-corrected chi connectivity index (χ3v) is 3.54. The molecule has 0 amide bonds. The Morgan fingerprint density at radius 3 is 2.94 bits per heavy atom. The lowest BCUT2D eigenvalue weighted by Gasteiger charge is -2.35. The second-order valence-corrected chi connectivity index (χ2v) is 5.07. The average molecular weight is 250 g/mol. The molecule has 2 unspecified atom stereocenters. The molecule has 1 aromatic rings. The van der Waals surface area contributed by atoms with Gasteiger partial charge in [0.2, 0.25) is 5.88 Å². The van der Waals surface area contributed by atoms with Crippen LogP contribution in [-0.4, -0.2) is 43.2 Å². The topological polar surface area (TPSA) is 63.4 Å². The van der Waals surface area contributed by atoms with Crippen LogP contribution in [0.5, 0.6) is 5.88 Å². The van der Waals surface area contributed by atoms with E-state index in [0.29, 0.717) is 23.5 Å². The molecule has 3 N–H and O–H groups in total. The second kappa shape index (κ2) is 5.44. The number of nitrogens with two attached hydrogens (primary N) is 1. The normalized spacial score (nSPS) is 24.8. The maximum Gasteiger partial charge on any atom is 0.215 e. The Morgan fingerprint density at radius 2 is 2.28 bits per heavy atom. The predicted molar refractivity (Wildman–Crippen MR) is 73.9 cm³/mol. The third kappa shape index (κ3) is 2.85. The highest BCUT2D eigenvalue weighted by Gasteiger charge is 2.24. The van der Waals surface area contributed by atoms with Crippen molar-refractivity contribution in [2.24, 2.45) is 5.92 Å². The molecular formula is C13H22N4O. The molecule has 0 aliphatic carbocycles. The minimum Gasteiger partial charge on any atom is -0.481 e. The van der Waals surface area contributed by atoms with Crippen LogP contribution in [0.2, 0.25) is 0 Å². The fraction of sp³-hybridized carbons (Fsp3) is 0.615. The van der Waals surface area contributed by atoms with Gasteiger partial charge in [-0.15, -0.1) is 0 Å². The van der Waals surface area contributed by atoms with E-state index < -0.39 is 0 Å². The third-order valence-electron chi connectivity index (χ3n) is 3.54. The zero-order chi connectivity index (χ0) is 13.1. The smallest absolute Gasteiger partial charge is 0.215 e. The maximum absolute atomic E-state index is 5.94. The minimum atomic E-state index is 0.420. The SMILES string of the molecule is COc1ccc(N)c(NC2CCN(C)CC2C)n1. The second-order valence-electron chi connectivity index (χ2n) is 5.07. The predicted octanol–water partition coefficient (Wildman–Crippen LogP) is 1.42. The van der Waals surface area contributed by atoms with Gasteiger partial charge in [0, 0.05) is 18.7 Å². The van der Waals surface area contributed by atoms with Crippen molar-refractivity contribution in [3.8, 4) is 5.88 Å². The average Bonchev–Trinajstić information content (AvgIpc) is 2.35. The molecule has 2 rings (SSSR count). The van der Waals surface area contributed by atoms with Crippen molar-refractivity contribution in [1.82, 2.24) is 9.88 Å². The fourth-order valence-corrected chi connectivity index (χ4v) is 2.43. The molecule has 5 nitrogen and oxygen atoms in total. The van der Waals surface area contributed by atoms with Crippen LogP contribution in [-0.2, 0) is 0 Å². The first-order valence-electron chi connectivity index (χ1n) is 6.35. The summed E-state index contributed by atoms with van der Waals surface area (Å²) in [5.74, 6) is 1.90. The standard InChI is InChI=1S/C13H22N4O/c1-9-8-17(2)7-6-11(9)15-13-10(14)4-5-12(16-13)18-3/h4-5,9,11H,6-8,14H2,1-3H3,(H,15,16). The molecule has 18 heavy (non-hydrogen) atoms. The molecule has 2 heterocycles. The summed E-state index contributed by atoms with van der Waals surface area (Å²) in [5.41, 5.74) is 6.61. The summed E-state index contributed by atoms with van der Waals surface area (Å²) in [4.78, 5) is 6.72. The number of likely N-dealkylation sites (tertiary alicyclic amines) is 1. The van der Waals surface area contributed by atoms with E-state index in [1.807, 2.05) is 6.07 Å². The zero-order valence-electron chi connectivity index (χ0n) is 11.3. The van der Waals surface area contributed by atoms with Crippen LogP contribution < -0.4 is 15.8 Å². The van der Waals surface area contributed by atoms with E-state index in [-0.39, 0.29) is 0 Å². The first-order chi connectivity index (χ1) is 8.60. The number of nitrogen functional groups attached to an aromatic ring is 1. The van der Waals surface area contributed by atoms with Crippen LogP contribution in [0.3, 0.4) is 0 Å². The Balaban J connectivity index is 2.08. The Kier molecular flexibility index (Phi) is 3.91. The summed E-state index contributed by atoms with van der Waals surface area (Å²) in [6, 6.07) is 4.02. The molecule has 2 atom stereocenters. The number of pyridine rings is 1. The number of methoxy groups -OCH3 is 1. The molecule has 0 saturated carbocycles. The van der Waals surface area contributed by atoms with E-state index >= 15 is 0 Å². The van der Waals surface area contributed by atoms with E-state index in [9.17, 15) is 0 Å².